The van der Waals surface area contributed by atoms with Gasteiger partial charge in [0.2, 0.25) is 0 Å². The molecule has 2 rings (SSSR count). The summed E-state index contributed by atoms with van der Waals surface area (Å²) in [5.74, 6) is -1.57. The van der Waals surface area contributed by atoms with Crippen LogP contribution < -0.4 is 4.90 Å². The van der Waals surface area contributed by atoms with Crippen LogP contribution >= 0.6 is 0 Å². The predicted octanol–water partition coefficient (Wildman–Crippen LogP) is 0.902. The van der Waals surface area contributed by atoms with E-state index < -0.39 is 30.0 Å². The van der Waals surface area contributed by atoms with Gasteiger partial charge in [-0.2, -0.15) is 0 Å². The monoisotopic (exact) mass is 282 g/mol. The number of hydrogen-bond donors (Lipinski definition) is 2. The molecule has 1 heterocycles. The summed E-state index contributed by atoms with van der Waals surface area (Å²) in [6.07, 6.45) is -0.833. The highest BCUT2D eigenvalue weighted by Gasteiger charge is 2.40. The van der Waals surface area contributed by atoms with Crippen molar-refractivity contribution in [3.63, 3.8) is 0 Å². The maximum Gasteiger partial charge on any atom is 0.326 e. The number of hydrogen-bond acceptors (Lipinski definition) is 3. The number of amides is 2. The van der Waals surface area contributed by atoms with E-state index in [0.717, 1.165) is 4.90 Å². The smallest absolute Gasteiger partial charge is 0.326 e. The topological polar surface area (TPSA) is 81.1 Å². The third-order valence-electron chi connectivity index (χ3n) is 3.31. The zero-order chi connectivity index (χ0) is 14.9. The van der Waals surface area contributed by atoms with Crippen molar-refractivity contribution in [3.8, 4) is 0 Å². The van der Waals surface area contributed by atoms with Crippen LogP contribution in [0.3, 0.4) is 0 Å². The second-order valence-corrected chi connectivity index (χ2v) is 4.71. The summed E-state index contributed by atoms with van der Waals surface area (Å²) in [5, 5.41) is 18.6. The first-order valence-corrected chi connectivity index (χ1v) is 6.11. The molecule has 7 heteroatoms. The van der Waals surface area contributed by atoms with Crippen molar-refractivity contribution < 1.29 is 24.2 Å². The molecule has 108 valence electrons. The molecular weight excluding hydrogens is 267 g/mol. The van der Waals surface area contributed by atoms with E-state index in [1.54, 1.807) is 0 Å². The van der Waals surface area contributed by atoms with Crippen molar-refractivity contribution in [1.82, 2.24) is 4.90 Å². The van der Waals surface area contributed by atoms with Gasteiger partial charge in [0.15, 0.2) is 0 Å². The predicted molar refractivity (Wildman–Crippen MR) is 69.0 cm³/mol. The average molecular weight is 282 g/mol. The van der Waals surface area contributed by atoms with E-state index in [-0.39, 0.29) is 13.0 Å². The van der Waals surface area contributed by atoms with Crippen LogP contribution in [0, 0.1) is 5.82 Å². The number of halogens is 1. The number of benzene rings is 1. The summed E-state index contributed by atoms with van der Waals surface area (Å²) in [6.45, 7) is -0.0265. The molecule has 2 amide bonds. The first-order chi connectivity index (χ1) is 9.40. The van der Waals surface area contributed by atoms with E-state index in [2.05, 4.69) is 0 Å². The molecular formula is C13H15FN2O4. The van der Waals surface area contributed by atoms with Crippen molar-refractivity contribution in [2.75, 3.05) is 18.5 Å². The summed E-state index contributed by atoms with van der Waals surface area (Å²) >= 11 is 0. The number of rotatable bonds is 2. The highest BCUT2D eigenvalue weighted by Crippen LogP contribution is 2.22. The van der Waals surface area contributed by atoms with Crippen LogP contribution in [0.4, 0.5) is 14.9 Å². The van der Waals surface area contributed by atoms with Crippen molar-refractivity contribution >= 4 is 17.7 Å². The summed E-state index contributed by atoms with van der Waals surface area (Å²) in [4.78, 5) is 25.7. The average Bonchev–Trinajstić information content (AvgIpc) is 2.80. The van der Waals surface area contributed by atoms with Crippen LogP contribution in [0.1, 0.15) is 6.42 Å². The maximum absolute atomic E-state index is 12.8. The Morgan fingerprint density at radius 1 is 1.35 bits per heavy atom. The minimum absolute atomic E-state index is 0.0122. The van der Waals surface area contributed by atoms with Crippen LogP contribution in [0.15, 0.2) is 24.3 Å². The van der Waals surface area contributed by atoms with Gasteiger partial charge in [0.05, 0.1) is 6.10 Å². The molecule has 0 bridgehead atoms. The van der Waals surface area contributed by atoms with Crippen molar-refractivity contribution in [2.45, 2.75) is 18.6 Å². The Kier molecular flexibility index (Phi) is 3.89. The Labute approximate surface area is 115 Å². The summed E-state index contributed by atoms with van der Waals surface area (Å²) in [7, 11) is 1.47. The number of β-amino-alcohol motifs (C(OH)–C–C–N with tert-alkyl or cyclic N) is 1. The molecule has 0 spiro atoms. The van der Waals surface area contributed by atoms with Gasteiger partial charge in [0, 0.05) is 25.7 Å². The Balaban J connectivity index is 2.17. The minimum Gasteiger partial charge on any atom is -0.480 e. The van der Waals surface area contributed by atoms with Gasteiger partial charge in [-0.05, 0) is 24.3 Å². The first kappa shape index (κ1) is 14.3. The number of carboxylic acids is 1. The van der Waals surface area contributed by atoms with Crippen LogP contribution in [0.2, 0.25) is 0 Å². The number of anilines is 1. The SMILES string of the molecule is CN(C(=O)N1C[C@@H](O)C[C@H]1C(=O)O)c1ccc(F)cc1. The number of carbonyl (C=O) groups is 2. The highest BCUT2D eigenvalue weighted by atomic mass is 19.1. The van der Waals surface area contributed by atoms with E-state index >= 15 is 0 Å². The fourth-order valence-corrected chi connectivity index (χ4v) is 2.23. The van der Waals surface area contributed by atoms with Gasteiger partial charge in [-0.15, -0.1) is 0 Å². The number of likely N-dealkylation sites (tertiary alicyclic amines) is 1. The molecule has 0 aromatic heterocycles. The van der Waals surface area contributed by atoms with E-state index in [1.165, 1.54) is 36.2 Å². The van der Waals surface area contributed by atoms with Crippen molar-refractivity contribution in [3.05, 3.63) is 30.1 Å². The van der Waals surface area contributed by atoms with Gasteiger partial charge in [-0.3, -0.25) is 4.90 Å². The lowest BCUT2D eigenvalue weighted by atomic mass is 10.2. The lowest BCUT2D eigenvalue weighted by Gasteiger charge is -2.27. The lowest BCUT2D eigenvalue weighted by molar-refractivity contribution is -0.141. The van der Waals surface area contributed by atoms with Crippen LogP contribution in [0.5, 0.6) is 0 Å². The first-order valence-electron chi connectivity index (χ1n) is 6.11. The third kappa shape index (κ3) is 2.72. The molecule has 2 N–H and O–H groups in total. The van der Waals surface area contributed by atoms with Gasteiger partial charge in [0.1, 0.15) is 11.9 Å². The van der Waals surface area contributed by atoms with Gasteiger partial charge >= 0.3 is 12.0 Å². The van der Waals surface area contributed by atoms with Crippen LogP contribution in [-0.2, 0) is 4.79 Å². The van der Waals surface area contributed by atoms with E-state index in [4.69, 9.17) is 5.11 Å². The summed E-state index contributed by atoms with van der Waals surface area (Å²) in [5.41, 5.74) is 0.446. The van der Waals surface area contributed by atoms with Gasteiger partial charge in [-0.25, -0.2) is 14.0 Å². The Hall–Kier alpha value is -2.15. The quantitative estimate of drug-likeness (QED) is 0.844. The van der Waals surface area contributed by atoms with Gasteiger partial charge < -0.3 is 15.1 Å². The van der Waals surface area contributed by atoms with Crippen LogP contribution in [-0.4, -0.2) is 52.9 Å². The maximum atomic E-state index is 12.8. The standard InChI is InChI=1S/C13H15FN2O4/c1-15(9-4-2-8(14)3-5-9)13(20)16-7-10(17)6-11(16)12(18)19/h2-5,10-11,17H,6-7H2,1H3,(H,18,19)/t10-,11-/m0/s1. The number of nitrogens with zero attached hydrogens (tertiary/aromatic N) is 2. The summed E-state index contributed by atoms with van der Waals surface area (Å²) in [6, 6.07) is 3.70. The Bertz CT molecular complexity index is 520. The second kappa shape index (κ2) is 5.46. The molecule has 0 saturated carbocycles. The number of aliphatic hydroxyl groups excluding tert-OH is 1. The molecule has 0 radical (unpaired) electrons. The molecule has 1 aliphatic heterocycles. The largest absolute Gasteiger partial charge is 0.480 e. The number of carboxylic acid groups (broad SMARTS) is 1. The number of aliphatic hydroxyl groups is 1. The number of carbonyl (C=O) groups excluding carboxylic acids is 1. The molecule has 1 fully saturated rings. The van der Waals surface area contributed by atoms with E-state index in [9.17, 15) is 19.1 Å². The molecule has 1 aliphatic rings. The molecule has 6 nitrogen and oxygen atoms in total. The van der Waals surface area contributed by atoms with Crippen LogP contribution in [0.25, 0.3) is 0 Å². The van der Waals surface area contributed by atoms with E-state index in [1.807, 2.05) is 0 Å². The highest BCUT2D eigenvalue weighted by molar-refractivity contribution is 5.94. The number of urea groups is 1. The second-order valence-electron chi connectivity index (χ2n) is 4.71. The molecule has 1 aromatic rings. The zero-order valence-electron chi connectivity index (χ0n) is 10.9. The van der Waals surface area contributed by atoms with Gasteiger partial charge in [0.25, 0.3) is 0 Å². The lowest BCUT2D eigenvalue weighted by Crippen LogP contribution is -2.47. The molecule has 1 aromatic carbocycles. The molecule has 2 atom stereocenters. The Morgan fingerprint density at radius 3 is 2.50 bits per heavy atom. The van der Waals surface area contributed by atoms with E-state index in [0.29, 0.717) is 5.69 Å². The molecule has 0 unspecified atom stereocenters. The molecule has 20 heavy (non-hydrogen) atoms. The fourth-order valence-electron chi connectivity index (χ4n) is 2.23. The van der Waals surface area contributed by atoms with Gasteiger partial charge in [-0.1, -0.05) is 0 Å². The molecule has 0 aliphatic carbocycles. The summed E-state index contributed by atoms with van der Waals surface area (Å²) < 4.78 is 12.8. The normalized spacial score (nSPS) is 21.9. The Morgan fingerprint density at radius 2 is 1.95 bits per heavy atom. The fraction of sp³-hybridized carbons (Fsp3) is 0.385. The minimum atomic E-state index is -1.15. The number of aliphatic carboxylic acids is 1. The zero-order valence-corrected chi connectivity index (χ0v) is 10.9. The third-order valence-corrected chi connectivity index (χ3v) is 3.31. The molecule has 1 saturated heterocycles. The van der Waals surface area contributed by atoms with Crippen molar-refractivity contribution in [1.29, 1.82) is 0 Å². The van der Waals surface area contributed by atoms with Crippen molar-refractivity contribution in [2.24, 2.45) is 0 Å².